The van der Waals surface area contributed by atoms with Crippen LogP contribution in [-0.2, 0) is 6.54 Å². The van der Waals surface area contributed by atoms with Crippen molar-refractivity contribution in [2.45, 2.75) is 20.4 Å². The molecule has 23 heavy (non-hydrogen) atoms. The number of hydrogen-bond donors (Lipinski definition) is 2. The number of halogens is 2. The molecule has 6 nitrogen and oxygen atoms in total. The second-order valence-corrected chi connectivity index (χ2v) is 6.09. The van der Waals surface area contributed by atoms with Gasteiger partial charge in [-0.1, -0.05) is 13.8 Å². The summed E-state index contributed by atoms with van der Waals surface area (Å²) in [6, 6.07) is 1.86. The van der Waals surface area contributed by atoms with Crippen molar-refractivity contribution in [1.82, 2.24) is 25.4 Å². The van der Waals surface area contributed by atoms with Crippen molar-refractivity contribution in [3.05, 3.63) is 24.0 Å². The lowest BCUT2D eigenvalue weighted by Gasteiger charge is -2.27. The Hall–Kier alpha value is -1.37. The average molecular weight is 360 g/mol. The minimum Gasteiger partial charge on any atom is -0.352 e. The molecule has 0 atom stereocenters. The summed E-state index contributed by atoms with van der Waals surface area (Å²) in [5.41, 5.74) is 1.43. The first kappa shape index (κ1) is 19.7. The fraction of sp³-hybridized carbons (Fsp3) is 0.533. The molecule has 2 aromatic rings. The lowest BCUT2D eigenvalue weighted by Crippen LogP contribution is -2.48. The van der Waals surface area contributed by atoms with Crippen LogP contribution in [0.5, 0.6) is 0 Å². The molecule has 1 aliphatic heterocycles. The Balaban J connectivity index is 0.00000132. The molecule has 1 fully saturated rings. The van der Waals surface area contributed by atoms with E-state index in [4.69, 9.17) is 0 Å². The quantitative estimate of drug-likeness (QED) is 0.854. The molecular weight excluding hydrogens is 337 g/mol. The normalized spacial score (nSPS) is 14.0. The highest BCUT2D eigenvalue weighted by Gasteiger charge is 2.18. The molecule has 1 aliphatic rings. The Labute approximate surface area is 148 Å². The molecule has 0 aliphatic carbocycles. The van der Waals surface area contributed by atoms with Crippen LogP contribution in [0.2, 0.25) is 0 Å². The van der Waals surface area contributed by atoms with Gasteiger partial charge in [-0.2, -0.15) is 5.10 Å². The molecule has 1 saturated heterocycles. The molecule has 0 bridgehead atoms. The maximum Gasteiger partial charge on any atom is 0.252 e. The molecule has 1 amide bonds. The smallest absolute Gasteiger partial charge is 0.252 e. The third-order valence-electron chi connectivity index (χ3n) is 3.69. The highest BCUT2D eigenvalue weighted by molar-refractivity contribution is 5.96. The maximum atomic E-state index is 12.1. The Morgan fingerprint density at radius 3 is 2.74 bits per heavy atom. The van der Waals surface area contributed by atoms with Gasteiger partial charge in [0.2, 0.25) is 0 Å². The summed E-state index contributed by atoms with van der Waals surface area (Å²) in [6.45, 7) is 7.81. The summed E-state index contributed by atoms with van der Waals surface area (Å²) < 4.78 is 1.89. The van der Waals surface area contributed by atoms with Crippen molar-refractivity contribution in [2.75, 3.05) is 19.6 Å². The van der Waals surface area contributed by atoms with Crippen LogP contribution in [0.3, 0.4) is 0 Å². The zero-order valence-electron chi connectivity index (χ0n) is 13.3. The van der Waals surface area contributed by atoms with Gasteiger partial charge in [-0.25, -0.2) is 9.67 Å². The average Bonchev–Trinajstić information content (AvgIpc) is 2.78. The van der Waals surface area contributed by atoms with Gasteiger partial charge in [0, 0.05) is 43.7 Å². The zero-order valence-corrected chi connectivity index (χ0v) is 14.9. The number of hydrogen-bond acceptors (Lipinski definition) is 4. The second kappa shape index (κ2) is 8.47. The number of amides is 1. The Morgan fingerprint density at radius 2 is 2.13 bits per heavy atom. The molecule has 128 valence electrons. The standard InChI is InChI=1S/C15H21N5O.2ClH/c1-10(2)9-20-14-12(8-19-20)3-13(7-17-14)15(21)18-6-11-4-16-5-11;;/h3,7-8,10-11,16H,4-6,9H2,1-2H3,(H,18,21);2*1H. The van der Waals surface area contributed by atoms with Crippen LogP contribution in [-0.4, -0.2) is 40.3 Å². The van der Waals surface area contributed by atoms with Crippen molar-refractivity contribution in [1.29, 1.82) is 0 Å². The van der Waals surface area contributed by atoms with Gasteiger partial charge < -0.3 is 10.6 Å². The van der Waals surface area contributed by atoms with Crippen LogP contribution < -0.4 is 10.6 Å². The molecule has 2 aromatic heterocycles. The Morgan fingerprint density at radius 1 is 1.39 bits per heavy atom. The highest BCUT2D eigenvalue weighted by Crippen LogP contribution is 2.14. The third kappa shape index (κ3) is 4.56. The van der Waals surface area contributed by atoms with Crippen LogP contribution in [0.1, 0.15) is 24.2 Å². The molecule has 0 aromatic carbocycles. The van der Waals surface area contributed by atoms with E-state index in [1.165, 1.54) is 0 Å². The van der Waals surface area contributed by atoms with E-state index in [1.807, 2.05) is 10.7 Å². The van der Waals surface area contributed by atoms with Crippen LogP contribution in [0, 0.1) is 11.8 Å². The summed E-state index contributed by atoms with van der Waals surface area (Å²) in [6.07, 6.45) is 3.41. The van der Waals surface area contributed by atoms with Gasteiger partial charge >= 0.3 is 0 Å². The predicted molar refractivity (Wildman–Crippen MR) is 95.6 cm³/mol. The van der Waals surface area contributed by atoms with E-state index in [1.54, 1.807) is 12.4 Å². The maximum absolute atomic E-state index is 12.1. The van der Waals surface area contributed by atoms with Crippen molar-refractivity contribution >= 4 is 41.8 Å². The highest BCUT2D eigenvalue weighted by atomic mass is 35.5. The van der Waals surface area contributed by atoms with Gasteiger partial charge in [0.25, 0.3) is 5.91 Å². The topological polar surface area (TPSA) is 71.8 Å². The third-order valence-corrected chi connectivity index (χ3v) is 3.69. The molecule has 0 unspecified atom stereocenters. The van der Waals surface area contributed by atoms with Crippen molar-refractivity contribution in [2.24, 2.45) is 11.8 Å². The van der Waals surface area contributed by atoms with Gasteiger partial charge in [-0.15, -0.1) is 24.8 Å². The number of pyridine rings is 1. The van der Waals surface area contributed by atoms with Crippen LogP contribution in [0.25, 0.3) is 11.0 Å². The van der Waals surface area contributed by atoms with Crippen LogP contribution in [0.4, 0.5) is 0 Å². The fourth-order valence-electron chi connectivity index (χ4n) is 2.41. The van der Waals surface area contributed by atoms with E-state index in [0.29, 0.717) is 17.4 Å². The second-order valence-electron chi connectivity index (χ2n) is 6.09. The molecular formula is C15H23Cl2N5O. The van der Waals surface area contributed by atoms with Gasteiger partial charge in [0.15, 0.2) is 5.65 Å². The lowest BCUT2D eigenvalue weighted by molar-refractivity contribution is 0.0942. The summed E-state index contributed by atoms with van der Waals surface area (Å²) >= 11 is 0. The number of nitrogens with zero attached hydrogens (tertiary/aromatic N) is 3. The van der Waals surface area contributed by atoms with Crippen molar-refractivity contribution < 1.29 is 4.79 Å². The first-order valence-electron chi connectivity index (χ1n) is 7.44. The van der Waals surface area contributed by atoms with Gasteiger partial charge in [-0.3, -0.25) is 4.79 Å². The van der Waals surface area contributed by atoms with Crippen molar-refractivity contribution in [3.63, 3.8) is 0 Å². The minimum absolute atomic E-state index is 0. The van der Waals surface area contributed by atoms with Crippen LogP contribution >= 0.6 is 24.8 Å². The van der Waals surface area contributed by atoms with Gasteiger partial charge in [0.1, 0.15) is 0 Å². The van der Waals surface area contributed by atoms with Gasteiger partial charge in [0.05, 0.1) is 11.8 Å². The molecule has 3 rings (SSSR count). The van der Waals surface area contributed by atoms with E-state index in [2.05, 4.69) is 34.6 Å². The van der Waals surface area contributed by atoms with E-state index in [9.17, 15) is 4.79 Å². The summed E-state index contributed by atoms with van der Waals surface area (Å²) in [4.78, 5) is 16.5. The molecule has 0 radical (unpaired) electrons. The molecule has 8 heteroatoms. The van der Waals surface area contributed by atoms with Gasteiger partial charge in [-0.05, 0) is 12.0 Å². The fourth-order valence-corrected chi connectivity index (χ4v) is 2.41. The zero-order chi connectivity index (χ0) is 14.8. The molecule has 0 spiro atoms. The first-order chi connectivity index (χ1) is 10.1. The number of carbonyl (C=O) groups is 1. The number of carbonyl (C=O) groups excluding carboxylic acids is 1. The predicted octanol–water partition coefficient (Wildman–Crippen LogP) is 1.88. The molecule has 3 heterocycles. The Kier molecular flexibility index (Phi) is 7.25. The lowest BCUT2D eigenvalue weighted by atomic mass is 10.0. The number of rotatable bonds is 5. The first-order valence-corrected chi connectivity index (χ1v) is 7.44. The Bertz CT molecular complexity index is 654. The van der Waals surface area contributed by atoms with Crippen LogP contribution in [0.15, 0.2) is 18.5 Å². The van der Waals surface area contributed by atoms with E-state index in [-0.39, 0.29) is 30.7 Å². The van der Waals surface area contributed by atoms with Crippen molar-refractivity contribution in [3.8, 4) is 0 Å². The van der Waals surface area contributed by atoms with E-state index >= 15 is 0 Å². The molecule has 0 saturated carbocycles. The van der Waals surface area contributed by atoms with E-state index < -0.39 is 0 Å². The summed E-state index contributed by atoms with van der Waals surface area (Å²) in [5, 5.41) is 11.4. The summed E-state index contributed by atoms with van der Waals surface area (Å²) in [7, 11) is 0. The SMILES string of the molecule is CC(C)Cn1ncc2cc(C(=O)NCC3CNC3)cnc21.Cl.Cl. The number of nitrogens with one attached hydrogen (secondary N) is 2. The summed E-state index contributed by atoms with van der Waals surface area (Å²) in [5.74, 6) is 1.00. The monoisotopic (exact) mass is 359 g/mol. The number of aromatic nitrogens is 3. The largest absolute Gasteiger partial charge is 0.352 e. The number of fused-ring (bicyclic) bond motifs is 1. The molecule has 2 N–H and O–H groups in total. The van der Waals surface area contributed by atoms with E-state index in [0.717, 1.165) is 37.2 Å². The minimum atomic E-state index is -0.0621.